The van der Waals surface area contributed by atoms with E-state index in [4.69, 9.17) is 9.84 Å². The van der Waals surface area contributed by atoms with Gasteiger partial charge in [0, 0.05) is 25.4 Å². The zero-order valence-electron chi connectivity index (χ0n) is 12.6. The smallest absolute Gasteiger partial charge is 0.0762 e. The normalized spacial score (nSPS) is 27.4. The first kappa shape index (κ1) is 14.1. The molecule has 112 valence electrons. The van der Waals surface area contributed by atoms with E-state index in [0.717, 1.165) is 26.0 Å². The second-order valence-electron chi connectivity index (χ2n) is 6.21. The molecule has 0 saturated heterocycles. The molecule has 3 rings (SSSR count). The Morgan fingerprint density at radius 1 is 1.30 bits per heavy atom. The molecule has 0 unspecified atom stereocenters. The molecule has 2 saturated carbocycles. The molecule has 20 heavy (non-hydrogen) atoms. The van der Waals surface area contributed by atoms with E-state index in [-0.39, 0.29) is 0 Å². The van der Waals surface area contributed by atoms with Crippen LogP contribution in [0.3, 0.4) is 0 Å². The van der Waals surface area contributed by atoms with Crippen LogP contribution in [0.4, 0.5) is 0 Å². The zero-order chi connectivity index (χ0) is 13.8. The molecule has 0 bridgehead atoms. The van der Waals surface area contributed by atoms with E-state index in [1.807, 2.05) is 0 Å². The Labute approximate surface area is 121 Å². The Morgan fingerprint density at radius 3 is 2.85 bits per heavy atom. The van der Waals surface area contributed by atoms with Gasteiger partial charge in [0.15, 0.2) is 0 Å². The predicted molar refractivity (Wildman–Crippen MR) is 79.6 cm³/mol. The molecule has 1 aromatic rings. The van der Waals surface area contributed by atoms with Crippen molar-refractivity contribution in [1.29, 1.82) is 0 Å². The molecular formula is C16H27N3O. The quantitative estimate of drug-likeness (QED) is 0.868. The monoisotopic (exact) mass is 277 g/mol. The summed E-state index contributed by atoms with van der Waals surface area (Å²) in [7, 11) is 0. The molecule has 4 heteroatoms. The maximum Gasteiger partial charge on any atom is 0.0762 e. The Kier molecular flexibility index (Phi) is 4.73. The van der Waals surface area contributed by atoms with Crippen molar-refractivity contribution in [2.45, 2.75) is 76.6 Å². The number of nitrogens with zero attached hydrogens (tertiary/aromatic N) is 2. The Balaban J connectivity index is 1.41. The highest BCUT2D eigenvalue weighted by molar-refractivity contribution is 5.01. The molecule has 2 aliphatic rings. The van der Waals surface area contributed by atoms with E-state index in [9.17, 15) is 0 Å². The van der Waals surface area contributed by atoms with Gasteiger partial charge >= 0.3 is 0 Å². The molecule has 0 amide bonds. The fourth-order valence-corrected chi connectivity index (χ4v) is 3.37. The molecule has 2 fully saturated rings. The molecule has 0 aromatic carbocycles. The molecule has 0 atom stereocenters. The Morgan fingerprint density at radius 2 is 2.10 bits per heavy atom. The van der Waals surface area contributed by atoms with Crippen LogP contribution in [0.1, 0.15) is 63.6 Å². The highest BCUT2D eigenvalue weighted by Gasteiger charge is 2.29. The minimum Gasteiger partial charge on any atom is -0.378 e. The second kappa shape index (κ2) is 6.72. The van der Waals surface area contributed by atoms with Gasteiger partial charge in [-0.15, -0.1) is 0 Å². The van der Waals surface area contributed by atoms with Crippen LogP contribution in [0.2, 0.25) is 0 Å². The van der Waals surface area contributed by atoms with Crippen LogP contribution in [0.15, 0.2) is 12.3 Å². The van der Waals surface area contributed by atoms with Crippen molar-refractivity contribution in [3.8, 4) is 0 Å². The van der Waals surface area contributed by atoms with Gasteiger partial charge in [-0.05, 0) is 38.7 Å². The minimum atomic E-state index is 0.484. The van der Waals surface area contributed by atoms with Gasteiger partial charge in [-0.3, -0.25) is 4.68 Å². The van der Waals surface area contributed by atoms with Crippen molar-refractivity contribution >= 4 is 0 Å². The highest BCUT2D eigenvalue weighted by Crippen LogP contribution is 2.27. The van der Waals surface area contributed by atoms with E-state index in [1.54, 1.807) is 0 Å². The molecule has 4 nitrogen and oxygen atoms in total. The van der Waals surface area contributed by atoms with Crippen LogP contribution >= 0.6 is 0 Å². The number of ether oxygens (including phenoxy) is 1. The Bertz CT molecular complexity index is 406. The third-order valence-corrected chi connectivity index (χ3v) is 4.68. The van der Waals surface area contributed by atoms with Crippen LogP contribution in [0.5, 0.6) is 0 Å². The minimum absolute atomic E-state index is 0.484. The van der Waals surface area contributed by atoms with Crippen LogP contribution in [0, 0.1) is 0 Å². The van der Waals surface area contributed by atoms with Gasteiger partial charge in [0.2, 0.25) is 0 Å². The topological polar surface area (TPSA) is 39.1 Å². The fraction of sp³-hybridized carbons (Fsp3) is 0.812. The first-order chi connectivity index (χ1) is 9.85. The van der Waals surface area contributed by atoms with Gasteiger partial charge in [-0.25, -0.2) is 0 Å². The zero-order valence-corrected chi connectivity index (χ0v) is 12.6. The number of hydrogen-bond acceptors (Lipinski definition) is 3. The van der Waals surface area contributed by atoms with E-state index in [2.05, 4.69) is 29.2 Å². The van der Waals surface area contributed by atoms with Gasteiger partial charge in [0.05, 0.1) is 17.8 Å². The number of aromatic nitrogens is 2. The van der Waals surface area contributed by atoms with Crippen molar-refractivity contribution in [1.82, 2.24) is 15.1 Å². The van der Waals surface area contributed by atoms with Gasteiger partial charge in [0.25, 0.3) is 0 Å². The van der Waals surface area contributed by atoms with Crippen LogP contribution in [-0.4, -0.2) is 28.5 Å². The first-order valence-electron chi connectivity index (χ1n) is 8.24. The highest BCUT2D eigenvalue weighted by atomic mass is 16.5. The van der Waals surface area contributed by atoms with Crippen molar-refractivity contribution < 1.29 is 4.74 Å². The van der Waals surface area contributed by atoms with Gasteiger partial charge in [-0.2, -0.15) is 5.10 Å². The number of nitrogens with one attached hydrogen (secondary N) is 1. The maximum atomic E-state index is 5.58. The van der Waals surface area contributed by atoms with E-state index < -0.39 is 0 Å². The lowest BCUT2D eigenvalue weighted by Crippen LogP contribution is -2.45. The van der Waals surface area contributed by atoms with Crippen molar-refractivity contribution in [2.24, 2.45) is 0 Å². The lowest BCUT2D eigenvalue weighted by molar-refractivity contribution is -0.0103. The average molecular weight is 277 g/mol. The molecular weight excluding hydrogens is 250 g/mol. The molecule has 0 spiro atoms. The van der Waals surface area contributed by atoms with Crippen LogP contribution in [-0.2, 0) is 11.3 Å². The third kappa shape index (κ3) is 3.41. The van der Waals surface area contributed by atoms with Gasteiger partial charge in [0.1, 0.15) is 0 Å². The number of hydrogen-bond donors (Lipinski definition) is 1. The summed E-state index contributed by atoms with van der Waals surface area (Å²) in [6.07, 6.45) is 11.7. The molecule has 2 aliphatic carbocycles. The molecule has 1 N–H and O–H groups in total. The molecule has 1 aromatic heterocycles. The summed E-state index contributed by atoms with van der Waals surface area (Å²) in [6, 6.07) is 3.43. The summed E-state index contributed by atoms with van der Waals surface area (Å²) in [5, 5.41) is 8.33. The second-order valence-corrected chi connectivity index (χ2v) is 6.21. The van der Waals surface area contributed by atoms with E-state index >= 15 is 0 Å². The summed E-state index contributed by atoms with van der Waals surface area (Å²) < 4.78 is 7.78. The van der Waals surface area contributed by atoms with Crippen molar-refractivity contribution in [2.75, 3.05) is 6.61 Å². The summed E-state index contributed by atoms with van der Waals surface area (Å²) in [4.78, 5) is 0. The van der Waals surface area contributed by atoms with Gasteiger partial charge < -0.3 is 10.1 Å². The number of rotatable bonds is 6. The van der Waals surface area contributed by atoms with E-state index in [0.29, 0.717) is 18.2 Å². The summed E-state index contributed by atoms with van der Waals surface area (Å²) in [5.41, 5.74) is 1.18. The van der Waals surface area contributed by atoms with Crippen molar-refractivity contribution in [3.63, 3.8) is 0 Å². The summed E-state index contributed by atoms with van der Waals surface area (Å²) in [6.45, 7) is 3.80. The van der Waals surface area contributed by atoms with Gasteiger partial charge in [-0.1, -0.05) is 19.3 Å². The van der Waals surface area contributed by atoms with Crippen molar-refractivity contribution in [3.05, 3.63) is 18.0 Å². The lowest BCUT2D eigenvalue weighted by Gasteiger charge is -2.35. The molecule has 1 heterocycles. The lowest BCUT2D eigenvalue weighted by atomic mass is 9.89. The molecule has 0 radical (unpaired) electrons. The third-order valence-electron chi connectivity index (χ3n) is 4.68. The summed E-state index contributed by atoms with van der Waals surface area (Å²) >= 11 is 0. The largest absolute Gasteiger partial charge is 0.378 e. The fourth-order valence-electron chi connectivity index (χ4n) is 3.37. The maximum absolute atomic E-state index is 5.58. The first-order valence-corrected chi connectivity index (χ1v) is 8.24. The summed E-state index contributed by atoms with van der Waals surface area (Å²) in [5.74, 6) is 0. The molecule has 0 aliphatic heterocycles. The van der Waals surface area contributed by atoms with E-state index in [1.165, 1.54) is 37.8 Å². The SMILES string of the molecule is CCOC1CC(NCc2ccn(C3CCCCC3)n2)C1. The van der Waals surface area contributed by atoms with Crippen LogP contribution < -0.4 is 5.32 Å². The predicted octanol–water partition coefficient (Wildman–Crippen LogP) is 3.05. The Hall–Kier alpha value is -0.870. The average Bonchev–Trinajstić information content (AvgIpc) is 2.91. The standard InChI is InChI=1S/C16H27N3O/c1-2-20-16-10-14(11-16)17-12-13-8-9-19(18-13)15-6-4-3-5-7-15/h8-9,14-17H,2-7,10-12H2,1H3. The van der Waals surface area contributed by atoms with Crippen LogP contribution in [0.25, 0.3) is 0 Å².